The maximum Gasteiger partial charge on any atom is 0.230 e. The van der Waals surface area contributed by atoms with Gasteiger partial charge in [-0.15, -0.1) is 10.2 Å². The molecule has 1 saturated heterocycles. The Kier molecular flexibility index (Phi) is 3.14. The van der Waals surface area contributed by atoms with Gasteiger partial charge < -0.3 is 9.64 Å². The molecule has 2 rings (SSSR count). The second-order valence-corrected chi connectivity index (χ2v) is 4.06. The normalized spacial score (nSPS) is 25.8. The molecule has 0 bridgehead atoms. The summed E-state index contributed by atoms with van der Waals surface area (Å²) in [5.74, 6) is 0.445. The van der Waals surface area contributed by atoms with Crippen molar-refractivity contribution in [3.63, 3.8) is 0 Å². The zero-order chi connectivity index (χ0) is 11.5. The summed E-state index contributed by atoms with van der Waals surface area (Å²) in [5.41, 5.74) is 0. The van der Waals surface area contributed by atoms with Crippen molar-refractivity contribution < 1.29 is 9.53 Å². The number of carbonyl (C=O) groups excluding carboxylic acids is 1. The van der Waals surface area contributed by atoms with Crippen molar-refractivity contribution in [1.82, 2.24) is 25.5 Å². The van der Waals surface area contributed by atoms with Crippen molar-refractivity contribution in [3.05, 3.63) is 5.82 Å². The molecule has 7 heteroatoms. The van der Waals surface area contributed by atoms with Gasteiger partial charge in [-0.1, -0.05) is 5.21 Å². The van der Waals surface area contributed by atoms with Gasteiger partial charge in [0.2, 0.25) is 5.91 Å². The monoisotopic (exact) mass is 225 g/mol. The Hall–Kier alpha value is -1.50. The van der Waals surface area contributed by atoms with Gasteiger partial charge in [-0.3, -0.25) is 4.79 Å². The van der Waals surface area contributed by atoms with Gasteiger partial charge in [0, 0.05) is 13.1 Å². The Morgan fingerprint density at radius 3 is 2.75 bits per heavy atom. The molecular weight excluding hydrogens is 210 g/mol. The van der Waals surface area contributed by atoms with Crippen LogP contribution in [0.25, 0.3) is 0 Å². The molecule has 7 nitrogen and oxygen atoms in total. The minimum absolute atomic E-state index is 0.0170. The van der Waals surface area contributed by atoms with Gasteiger partial charge in [-0.2, -0.15) is 5.21 Å². The van der Waals surface area contributed by atoms with Gasteiger partial charge in [0.25, 0.3) is 0 Å². The first-order chi connectivity index (χ1) is 7.65. The second kappa shape index (κ2) is 4.56. The standard InChI is InChI=1S/C9H15N5O2/c1-6-4-14(5-7(2)16-6)9(15)3-8-10-12-13-11-8/h6-7H,3-5H2,1-2H3,(H,10,11,12,13). The highest BCUT2D eigenvalue weighted by Gasteiger charge is 2.26. The molecule has 1 N–H and O–H groups in total. The Morgan fingerprint density at radius 2 is 2.19 bits per heavy atom. The van der Waals surface area contributed by atoms with E-state index in [1.807, 2.05) is 13.8 Å². The molecular formula is C9H15N5O2. The summed E-state index contributed by atoms with van der Waals surface area (Å²) in [5, 5.41) is 13.3. The Morgan fingerprint density at radius 1 is 1.50 bits per heavy atom. The van der Waals surface area contributed by atoms with Crippen LogP contribution < -0.4 is 0 Å². The van der Waals surface area contributed by atoms with Crippen LogP contribution in [-0.4, -0.2) is 56.7 Å². The molecule has 1 aromatic heterocycles. The van der Waals surface area contributed by atoms with Crippen molar-refractivity contribution in [3.8, 4) is 0 Å². The number of morpholine rings is 1. The molecule has 1 aliphatic heterocycles. The predicted octanol–water partition coefficient (Wildman–Crippen LogP) is -0.622. The second-order valence-electron chi connectivity index (χ2n) is 4.06. The molecule has 1 fully saturated rings. The number of carbonyl (C=O) groups is 1. The summed E-state index contributed by atoms with van der Waals surface area (Å²) in [6, 6.07) is 0. The number of H-pyrrole nitrogens is 1. The van der Waals surface area contributed by atoms with Crippen LogP contribution in [0.15, 0.2) is 0 Å². The van der Waals surface area contributed by atoms with E-state index in [1.54, 1.807) is 4.90 Å². The molecule has 1 aromatic rings. The first kappa shape index (κ1) is 11.0. The van der Waals surface area contributed by atoms with Crippen LogP contribution in [0.1, 0.15) is 19.7 Å². The van der Waals surface area contributed by atoms with Crippen molar-refractivity contribution in [2.24, 2.45) is 0 Å². The number of nitrogens with zero attached hydrogens (tertiary/aromatic N) is 4. The summed E-state index contributed by atoms with van der Waals surface area (Å²) >= 11 is 0. The number of tetrazole rings is 1. The van der Waals surface area contributed by atoms with Crippen LogP contribution in [-0.2, 0) is 16.0 Å². The van der Waals surface area contributed by atoms with E-state index in [9.17, 15) is 4.79 Å². The molecule has 0 radical (unpaired) electrons. The quantitative estimate of drug-likeness (QED) is 0.725. The van der Waals surface area contributed by atoms with Gasteiger partial charge in [0.15, 0.2) is 5.82 Å². The lowest BCUT2D eigenvalue weighted by Gasteiger charge is -2.35. The van der Waals surface area contributed by atoms with Crippen LogP contribution >= 0.6 is 0 Å². The highest BCUT2D eigenvalue weighted by Crippen LogP contribution is 2.11. The molecule has 1 aliphatic rings. The SMILES string of the molecule is CC1CN(C(=O)Cc2nn[nH]n2)CC(C)O1. The average molecular weight is 225 g/mol. The molecule has 0 aliphatic carbocycles. The zero-order valence-electron chi connectivity index (χ0n) is 9.38. The molecule has 0 spiro atoms. The van der Waals surface area contributed by atoms with Crippen LogP contribution in [0.2, 0.25) is 0 Å². The minimum Gasteiger partial charge on any atom is -0.372 e. The predicted molar refractivity (Wildman–Crippen MR) is 54.5 cm³/mol. The Labute approximate surface area is 93.2 Å². The first-order valence-corrected chi connectivity index (χ1v) is 5.30. The summed E-state index contributed by atoms with van der Waals surface area (Å²) in [6.07, 6.45) is 0.353. The molecule has 0 aromatic carbocycles. The number of rotatable bonds is 2. The molecule has 1 amide bonds. The molecule has 88 valence electrons. The number of aromatic nitrogens is 4. The number of ether oxygens (including phenoxy) is 1. The maximum atomic E-state index is 11.9. The fourth-order valence-electron chi connectivity index (χ4n) is 1.89. The van der Waals surface area contributed by atoms with Crippen molar-refractivity contribution in [2.45, 2.75) is 32.5 Å². The molecule has 16 heavy (non-hydrogen) atoms. The van der Waals surface area contributed by atoms with Gasteiger partial charge in [-0.05, 0) is 13.8 Å². The van der Waals surface area contributed by atoms with E-state index in [1.165, 1.54) is 0 Å². The third kappa shape index (κ3) is 2.54. The van der Waals surface area contributed by atoms with Gasteiger partial charge in [0.05, 0.1) is 18.6 Å². The fourth-order valence-corrected chi connectivity index (χ4v) is 1.89. The smallest absolute Gasteiger partial charge is 0.230 e. The number of aromatic amines is 1. The van der Waals surface area contributed by atoms with E-state index >= 15 is 0 Å². The molecule has 2 heterocycles. The number of amides is 1. The topological polar surface area (TPSA) is 84.0 Å². The number of nitrogens with one attached hydrogen (secondary N) is 1. The zero-order valence-corrected chi connectivity index (χ0v) is 9.38. The molecule has 2 unspecified atom stereocenters. The Balaban J connectivity index is 1.94. The largest absolute Gasteiger partial charge is 0.372 e. The highest BCUT2D eigenvalue weighted by molar-refractivity contribution is 5.78. The van der Waals surface area contributed by atoms with E-state index in [-0.39, 0.29) is 24.5 Å². The molecule has 0 saturated carbocycles. The van der Waals surface area contributed by atoms with Crippen LogP contribution in [0, 0.1) is 0 Å². The van der Waals surface area contributed by atoms with E-state index in [4.69, 9.17) is 4.74 Å². The summed E-state index contributed by atoms with van der Waals surface area (Å²) in [4.78, 5) is 13.7. The maximum absolute atomic E-state index is 11.9. The van der Waals surface area contributed by atoms with Gasteiger partial charge in [-0.25, -0.2) is 0 Å². The summed E-state index contributed by atoms with van der Waals surface area (Å²) < 4.78 is 5.56. The fraction of sp³-hybridized carbons (Fsp3) is 0.778. The van der Waals surface area contributed by atoms with Crippen molar-refractivity contribution in [2.75, 3.05) is 13.1 Å². The third-order valence-electron chi connectivity index (χ3n) is 2.47. The average Bonchev–Trinajstić information content (AvgIpc) is 2.68. The van der Waals surface area contributed by atoms with E-state index in [2.05, 4.69) is 20.6 Å². The van der Waals surface area contributed by atoms with Crippen molar-refractivity contribution >= 4 is 5.91 Å². The summed E-state index contributed by atoms with van der Waals surface area (Å²) in [7, 11) is 0. The van der Waals surface area contributed by atoms with Gasteiger partial charge in [0.1, 0.15) is 0 Å². The van der Waals surface area contributed by atoms with E-state index in [0.717, 1.165) is 0 Å². The lowest BCUT2D eigenvalue weighted by Crippen LogP contribution is -2.48. The van der Waals surface area contributed by atoms with E-state index < -0.39 is 0 Å². The minimum atomic E-state index is 0.0170. The van der Waals surface area contributed by atoms with Crippen LogP contribution in [0.4, 0.5) is 0 Å². The lowest BCUT2D eigenvalue weighted by atomic mass is 10.2. The van der Waals surface area contributed by atoms with Crippen LogP contribution in [0.3, 0.4) is 0 Å². The number of hydrogen-bond donors (Lipinski definition) is 1. The first-order valence-electron chi connectivity index (χ1n) is 5.30. The van der Waals surface area contributed by atoms with Crippen LogP contribution in [0.5, 0.6) is 0 Å². The lowest BCUT2D eigenvalue weighted by molar-refractivity contribution is -0.142. The van der Waals surface area contributed by atoms with E-state index in [0.29, 0.717) is 18.9 Å². The number of hydrogen-bond acceptors (Lipinski definition) is 5. The molecule has 2 atom stereocenters. The van der Waals surface area contributed by atoms with Crippen molar-refractivity contribution in [1.29, 1.82) is 0 Å². The summed E-state index contributed by atoms with van der Waals surface area (Å²) in [6.45, 7) is 5.18. The highest BCUT2D eigenvalue weighted by atomic mass is 16.5. The Bertz CT molecular complexity index is 343. The third-order valence-corrected chi connectivity index (χ3v) is 2.47. The van der Waals surface area contributed by atoms with Gasteiger partial charge >= 0.3 is 0 Å².